The van der Waals surface area contributed by atoms with Crippen LogP contribution >= 0.6 is 0 Å². The Kier molecular flexibility index (Phi) is 5.30. The van der Waals surface area contributed by atoms with Crippen LogP contribution in [-0.2, 0) is 9.53 Å². The van der Waals surface area contributed by atoms with Gasteiger partial charge in [0.1, 0.15) is 5.82 Å². The van der Waals surface area contributed by atoms with Crippen LogP contribution in [0, 0.1) is 5.82 Å². The second-order valence-corrected chi connectivity index (χ2v) is 3.79. The molecule has 1 rings (SSSR count). The Balaban J connectivity index is 2.54. The molecule has 0 heterocycles. The minimum absolute atomic E-state index is 0.130. The van der Waals surface area contributed by atoms with Crippen molar-refractivity contribution in [1.82, 2.24) is 4.90 Å². The lowest BCUT2D eigenvalue weighted by Gasteiger charge is -2.16. The zero-order chi connectivity index (χ0) is 13.5. The average molecular weight is 253 g/mol. The Labute approximate surface area is 105 Å². The van der Waals surface area contributed by atoms with Crippen molar-refractivity contribution in [2.45, 2.75) is 13.3 Å². The Morgan fingerprint density at radius 1 is 1.39 bits per heavy atom. The maximum absolute atomic E-state index is 13.0. The Morgan fingerprint density at radius 3 is 2.72 bits per heavy atom. The fourth-order valence-electron chi connectivity index (χ4n) is 1.44. The number of ether oxygens (including phenoxy) is 1. The summed E-state index contributed by atoms with van der Waals surface area (Å²) in [5.74, 6) is -1.13. The van der Waals surface area contributed by atoms with E-state index in [0.717, 1.165) is 0 Å². The number of carbonyl (C=O) groups is 2. The second kappa shape index (κ2) is 6.74. The molecule has 0 aromatic heterocycles. The van der Waals surface area contributed by atoms with Crippen molar-refractivity contribution in [3.63, 3.8) is 0 Å². The first kappa shape index (κ1) is 14.2. The highest BCUT2D eigenvalue weighted by Crippen LogP contribution is 2.07. The average Bonchev–Trinajstić information content (AvgIpc) is 2.35. The maximum Gasteiger partial charge on any atom is 0.307 e. The third-order valence-electron chi connectivity index (χ3n) is 2.37. The van der Waals surface area contributed by atoms with E-state index in [1.54, 1.807) is 14.0 Å². The van der Waals surface area contributed by atoms with Crippen molar-refractivity contribution in [2.24, 2.45) is 0 Å². The number of rotatable bonds is 5. The van der Waals surface area contributed by atoms with Crippen molar-refractivity contribution in [3.8, 4) is 0 Å². The predicted molar refractivity (Wildman–Crippen MR) is 64.6 cm³/mol. The van der Waals surface area contributed by atoms with E-state index in [4.69, 9.17) is 4.74 Å². The van der Waals surface area contributed by atoms with E-state index in [-0.39, 0.29) is 30.4 Å². The van der Waals surface area contributed by atoms with E-state index < -0.39 is 5.82 Å². The van der Waals surface area contributed by atoms with Gasteiger partial charge in [0.15, 0.2) is 0 Å². The maximum atomic E-state index is 13.0. The molecule has 0 aliphatic heterocycles. The summed E-state index contributed by atoms with van der Waals surface area (Å²) in [6.45, 7) is 2.29. The van der Waals surface area contributed by atoms with Crippen LogP contribution in [0.3, 0.4) is 0 Å². The van der Waals surface area contributed by atoms with E-state index in [9.17, 15) is 14.0 Å². The molecule has 1 aromatic rings. The van der Waals surface area contributed by atoms with Crippen LogP contribution in [0.15, 0.2) is 24.3 Å². The number of esters is 1. The molecule has 5 heteroatoms. The van der Waals surface area contributed by atoms with Gasteiger partial charge >= 0.3 is 5.97 Å². The van der Waals surface area contributed by atoms with Gasteiger partial charge in [0.2, 0.25) is 0 Å². The largest absolute Gasteiger partial charge is 0.466 e. The molecule has 0 atom stereocenters. The lowest BCUT2D eigenvalue weighted by molar-refractivity contribution is -0.143. The Morgan fingerprint density at radius 2 is 2.11 bits per heavy atom. The SMILES string of the molecule is CCOC(=O)CCN(C)C(=O)c1cccc(F)c1. The summed E-state index contributed by atoms with van der Waals surface area (Å²) >= 11 is 0. The summed E-state index contributed by atoms with van der Waals surface area (Å²) in [5.41, 5.74) is 0.265. The van der Waals surface area contributed by atoms with Crippen LogP contribution in [-0.4, -0.2) is 37.0 Å². The molecular weight excluding hydrogens is 237 g/mol. The molecule has 0 N–H and O–H groups in total. The van der Waals surface area contributed by atoms with Crippen molar-refractivity contribution in [1.29, 1.82) is 0 Å². The Hall–Kier alpha value is -1.91. The summed E-state index contributed by atoms with van der Waals surface area (Å²) in [6.07, 6.45) is 0.130. The van der Waals surface area contributed by atoms with Crippen molar-refractivity contribution in [2.75, 3.05) is 20.2 Å². The van der Waals surface area contributed by atoms with Crippen LogP contribution in [0.4, 0.5) is 4.39 Å². The molecular formula is C13H16FNO3. The molecule has 0 radical (unpaired) electrons. The van der Waals surface area contributed by atoms with Gasteiger partial charge in [-0.1, -0.05) is 6.07 Å². The first-order chi connectivity index (χ1) is 8.54. The molecule has 1 amide bonds. The third kappa shape index (κ3) is 4.16. The standard InChI is InChI=1S/C13H16FNO3/c1-3-18-12(16)7-8-15(2)13(17)10-5-4-6-11(14)9-10/h4-6,9H,3,7-8H2,1-2H3. The summed E-state index contributed by atoms with van der Waals surface area (Å²) in [4.78, 5) is 24.4. The van der Waals surface area contributed by atoms with Crippen LogP contribution in [0.5, 0.6) is 0 Å². The predicted octanol–water partition coefficient (Wildman–Crippen LogP) is 1.85. The topological polar surface area (TPSA) is 46.6 Å². The van der Waals surface area contributed by atoms with Crippen LogP contribution in [0.25, 0.3) is 0 Å². The second-order valence-electron chi connectivity index (χ2n) is 3.79. The normalized spacial score (nSPS) is 9.94. The monoisotopic (exact) mass is 253 g/mol. The van der Waals surface area contributed by atoms with E-state index in [1.165, 1.54) is 29.2 Å². The van der Waals surface area contributed by atoms with E-state index >= 15 is 0 Å². The summed E-state index contributed by atoms with van der Waals surface area (Å²) in [5, 5.41) is 0. The van der Waals surface area contributed by atoms with Crippen molar-refractivity contribution >= 4 is 11.9 Å². The molecule has 0 saturated heterocycles. The number of nitrogens with zero attached hydrogens (tertiary/aromatic N) is 1. The molecule has 0 unspecified atom stereocenters. The number of carbonyl (C=O) groups excluding carboxylic acids is 2. The molecule has 0 spiro atoms. The zero-order valence-electron chi connectivity index (χ0n) is 10.5. The molecule has 0 aliphatic carbocycles. The fourth-order valence-corrected chi connectivity index (χ4v) is 1.44. The summed E-state index contributed by atoms with van der Waals surface area (Å²) in [6, 6.07) is 5.45. The van der Waals surface area contributed by atoms with Gasteiger partial charge in [-0.05, 0) is 25.1 Å². The van der Waals surface area contributed by atoms with Gasteiger partial charge in [-0.3, -0.25) is 9.59 Å². The molecule has 0 bridgehead atoms. The van der Waals surface area contributed by atoms with Crippen LogP contribution < -0.4 is 0 Å². The molecule has 0 saturated carbocycles. The fraction of sp³-hybridized carbons (Fsp3) is 0.385. The van der Waals surface area contributed by atoms with Crippen molar-refractivity contribution < 1.29 is 18.7 Å². The number of hydrogen-bond donors (Lipinski definition) is 0. The molecule has 98 valence electrons. The minimum Gasteiger partial charge on any atom is -0.466 e. The van der Waals surface area contributed by atoms with E-state index in [0.29, 0.717) is 6.61 Å². The summed E-state index contributed by atoms with van der Waals surface area (Å²) in [7, 11) is 1.56. The van der Waals surface area contributed by atoms with Gasteiger partial charge in [-0.15, -0.1) is 0 Å². The number of amides is 1. The zero-order valence-corrected chi connectivity index (χ0v) is 10.5. The van der Waals surface area contributed by atoms with Gasteiger partial charge in [0, 0.05) is 19.2 Å². The highest BCUT2D eigenvalue weighted by Gasteiger charge is 2.13. The molecule has 18 heavy (non-hydrogen) atoms. The lowest BCUT2D eigenvalue weighted by Crippen LogP contribution is -2.29. The summed E-state index contributed by atoms with van der Waals surface area (Å²) < 4.78 is 17.7. The van der Waals surface area contributed by atoms with Gasteiger partial charge < -0.3 is 9.64 Å². The van der Waals surface area contributed by atoms with Gasteiger partial charge in [0.05, 0.1) is 13.0 Å². The van der Waals surface area contributed by atoms with Crippen LogP contribution in [0.1, 0.15) is 23.7 Å². The van der Waals surface area contributed by atoms with E-state index in [1.807, 2.05) is 0 Å². The third-order valence-corrected chi connectivity index (χ3v) is 2.37. The number of halogens is 1. The molecule has 1 aromatic carbocycles. The van der Waals surface area contributed by atoms with E-state index in [2.05, 4.69) is 0 Å². The van der Waals surface area contributed by atoms with Crippen LogP contribution in [0.2, 0.25) is 0 Å². The van der Waals surface area contributed by atoms with Gasteiger partial charge in [-0.2, -0.15) is 0 Å². The Bertz CT molecular complexity index is 434. The highest BCUT2D eigenvalue weighted by molar-refractivity contribution is 5.94. The van der Waals surface area contributed by atoms with Gasteiger partial charge in [0.25, 0.3) is 5.91 Å². The first-order valence-corrected chi connectivity index (χ1v) is 5.71. The minimum atomic E-state index is -0.459. The molecule has 0 fully saturated rings. The smallest absolute Gasteiger partial charge is 0.307 e. The highest BCUT2D eigenvalue weighted by atomic mass is 19.1. The lowest BCUT2D eigenvalue weighted by atomic mass is 10.2. The number of benzene rings is 1. The molecule has 0 aliphatic rings. The number of hydrogen-bond acceptors (Lipinski definition) is 3. The quantitative estimate of drug-likeness (QED) is 0.752. The first-order valence-electron chi connectivity index (χ1n) is 5.71. The van der Waals surface area contributed by atoms with Crippen molar-refractivity contribution in [3.05, 3.63) is 35.6 Å². The van der Waals surface area contributed by atoms with Gasteiger partial charge in [-0.25, -0.2) is 4.39 Å². The molecule has 4 nitrogen and oxygen atoms in total.